The highest BCUT2D eigenvalue weighted by Gasteiger charge is 2.28. The molecule has 0 bridgehead atoms. The SMILES string of the molecule is CC(C)C(=O)Nc1c[n+](C(C)C)n2c1NCC2. The van der Waals surface area contributed by atoms with Crippen LogP contribution in [0.3, 0.4) is 0 Å². The first kappa shape index (κ1) is 12.0. The van der Waals surface area contributed by atoms with Gasteiger partial charge in [0.25, 0.3) is 0 Å². The van der Waals surface area contributed by atoms with Crippen LogP contribution in [-0.2, 0) is 11.3 Å². The van der Waals surface area contributed by atoms with E-state index in [1.54, 1.807) is 0 Å². The molecular formula is C12H21N4O+. The summed E-state index contributed by atoms with van der Waals surface area (Å²) in [7, 11) is 0. The van der Waals surface area contributed by atoms with Gasteiger partial charge in [-0.05, 0) is 13.8 Å². The molecule has 0 fully saturated rings. The molecule has 0 unspecified atom stereocenters. The van der Waals surface area contributed by atoms with E-state index in [0.29, 0.717) is 6.04 Å². The van der Waals surface area contributed by atoms with E-state index in [9.17, 15) is 4.79 Å². The van der Waals surface area contributed by atoms with Crippen molar-refractivity contribution in [2.24, 2.45) is 5.92 Å². The van der Waals surface area contributed by atoms with Crippen LogP contribution < -0.4 is 15.3 Å². The minimum Gasteiger partial charge on any atom is -0.363 e. The third kappa shape index (κ3) is 2.14. The van der Waals surface area contributed by atoms with Crippen molar-refractivity contribution in [2.45, 2.75) is 40.3 Å². The molecule has 17 heavy (non-hydrogen) atoms. The fourth-order valence-electron chi connectivity index (χ4n) is 2.01. The summed E-state index contributed by atoms with van der Waals surface area (Å²) in [5.41, 5.74) is 0.884. The van der Waals surface area contributed by atoms with Gasteiger partial charge in [0.1, 0.15) is 0 Å². The fourth-order valence-corrected chi connectivity index (χ4v) is 2.01. The lowest BCUT2D eigenvalue weighted by Crippen LogP contribution is -2.43. The van der Waals surface area contributed by atoms with Crippen LogP contribution in [0.15, 0.2) is 6.20 Å². The van der Waals surface area contributed by atoms with Gasteiger partial charge < -0.3 is 10.6 Å². The van der Waals surface area contributed by atoms with Gasteiger partial charge in [0.05, 0.1) is 6.54 Å². The third-order valence-corrected chi connectivity index (χ3v) is 2.98. The summed E-state index contributed by atoms with van der Waals surface area (Å²) in [6, 6.07) is 0.387. The van der Waals surface area contributed by atoms with Gasteiger partial charge in [-0.15, -0.1) is 9.36 Å². The van der Waals surface area contributed by atoms with E-state index in [1.807, 2.05) is 20.0 Å². The number of nitrogens with zero attached hydrogens (tertiary/aromatic N) is 2. The van der Waals surface area contributed by atoms with Crippen LogP contribution in [0.2, 0.25) is 0 Å². The Bertz CT molecular complexity index is 434. The third-order valence-electron chi connectivity index (χ3n) is 2.98. The lowest BCUT2D eigenvalue weighted by molar-refractivity contribution is -0.790. The highest BCUT2D eigenvalue weighted by atomic mass is 16.1. The van der Waals surface area contributed by atoms with Crippen molar-refractivity contribution in [1.82, 2.24) is 4.68 Å². The number of rotatable bonds is 3. The van der Waals surface area contributed by atoms with Gasteiger partial charge in [-0.3, -0.25) is 4.79 Å². The first-order valence-electron chi connectivity index (χ1n) is 6.20. The Morgan fingerprint density at radius 1 is 1.47 bits per heavy atom. The number of carbonyl (C=O) groups is 1. The quantitative estimate of drug-likeness (QED) is 0.780. The van der Waals surface area contributed by atoms with Crippen molar-refractivity contribution < 1.29 is 9.48 Å². The number of carbonyl (C=O) groups excluding carboxylic acids is 1. The van der Waals surface area contributed by atoms with Gasteiger partial charge in [0, 0.05) is 12.5 Å². The van der Waals surface area contributed by atoms with Crippen LogP contribution in [-0.4, -0.2) is 17.1 Å². The molecule has 0 aromatic carbocycles. The maximum Gasteiger partial charge on any atom is 0.227 e. The zero-order valence-corrected chi connectivity index (χ0v) is 10.9. The molecule has 0 spiro atoms. The molecular weight excluding hydrogens is 216 g/mol. The minimum atomic E-state index is -0.000506. The Hall–Kier alpha value is -1.52. The zero-order valence-electron chi connectivity index (χ0n) is 10.9. The summed E-state index contributed by atoms with van der Waals surface area (Å²) in [6.07, 6.45) is 2.01. The number of fused-ring (bicyclic) bond motifs is 1. The van der Waals surface area contributed by atoms with E-state index in [2.05, 4.69) is 33.8 Å². The molecule has 1 aromatic heterocycles. The predicted molar refractivity (Wildman–Crippen MR) is 67.0 cm³/mol. The molecule has 2 N–H and O–H groups in total. The molecule has 0 saturated heterocycles. The lowest BCUT2D eigenvalue weighted by atomic mass is 10.2. The van der Waals surface area contributed by atoms with Crippen molar-refractivity contribution in [3.05, 3.63) is 6.20 Å². The average molecular weight is 237 g/mol. The molecule has 2 rings (SSSR count). The van der Waals surface area contributed by atoms with E-state index in [1.165, 1.54) is 0 Å². The summed E-state index contributed by atoms with van der Waals surface area (Å²) in [5, 5.41) is 6.29. The van der Waals surface area contributed by atoms with Crippen LogP contribution in [0.5, 0.6) is 0 Å². The largest absolute Gasteiger partial charge is 0.363 e. The smallest absolute Gasteiger partial charge is 0.227 e. The van der Waals surface area contributed by atoms with Gasteiger partial charge >= 0.3 is 0 Å². The molecule has 1 aliphatic heterocycles. The second kappa shape index (κ2) is 4.39. The number of hydrogen-bond acceptors (Lipinski definition) is 2. The molecule has 1 aliphatic rings. The Labute approximate surface area is 102 Å². The van der Waals surface area contributed by atoms with Gasteiger partial charge in [0.2, 0.25) is 12.1 Å². The van der Waals surface area contributed by atoms with E-state index in [0.717, 1.165) is 24.6 Å². The fraction of sp³-hybridized carbons (Fsp3) is 0.667. The van der Waals surface area contributed by atoms with E-state index < -0.39 is 0 Å². The summed E-state index contributed by atoms with van der Waals surface area (Å²) in [4.78, 5) is 11.7. The second-order valence-electron chi connectivity index (χ2n) is 5.06. The van der Waals surface area contributed by atoms with Crippen molar-refractivity contribution >= 4 is 17.4 Å². The van der Waals surface area contributed by atoms with E-state index in [4.69, 9.17) is 0 Å². The van der Waals surface area contributed by atoms with Crippen molar-refractivity contribution in [3.8, 4) is 0 Å². The molecule has 5 heteroatoms. The Balaban J connectivity index is 2.29. The topological polar surface area (TPSA) is 49.9 Å². The van der Waals surface area contributed by atoms with Crippen LogP contribution in [0.4, 0.5) is 11.5 Å². The molecule has 1 amide bonds. The van der Waals surface area contributed by atoms with Gasteiger partial charge in [0.15, 0.2) is 17.5 Å². The molecule has 1 aromatic rings. The number of hydrogen-bond donors (Lipinski definition) is 2. The van der Waals surface area contributed by atoms with Gasteiger partial charge in [-0.2, -0.15) is 0 Å². The molecule has 2 heterocycles. The summed E-state index contributed by atoms with van der Waals surface area (Å²) >= 11 is 0. The van der Waals surface area contributed by atoms with Crippen molar-refractivity contribution in [3.63, 3.8) is 0 Å². The van der Waals surface area contributed by atoms with Crippen LogP contribution in [0.1, 0.15) is 33.7 Å². The van der Waals surface area contributed by atoms with Crippen LogP contribution >= 0.6 is 0 Å². The van der Waals surface area contributed by atoms with Crippen LogP contribution in [0.25, 0.3) is 0 Å². The van der Waals surface area contributed by atoms with E-state index in [-0.39, 0.29) is 11.8 Å². The zero-order chi connectivity index (χ0) is 12.6. The first-order valence-corrected chi connectivity index (χ1v) is 6.20. The Morgan fingerprint density at radius 3 is 2.76 bits per heavy atom. The second-order valence-corrected chi connectivity index (χ2v) is 5.06. The molecule has 5 nitrogen and oxygen atoms in total. The van der Waals surface area contributed by atoms with Crippen LogP contribution in [0, 0.1) is 5.92 Å². The summed E-state index contributed by atoms with van der Waals surface area (Å²) in [5.74, 6) is 1.08. The maximum absolute atomic E-state index is 11.7. The number of amides is 1. The number of nitrogens with one attached hydrogen (secondary N) is 2. The van der Waals surface area contributed by atoms with Crippen molar-refractivity contribution in [1.29, 1.82) is 0 Å². The van der Waals surface area contributed by atoms with Crippen molar-refractivity contribution in [2.75, 3.05) is 17.2 Å². The molecule has 0 radical (unpaired) electrons. The predicted octanol–water partition coefficient (Wildman–Crippen LogP) is 1.38. The summed E-state index contributed by atoms with van der Waals surface area (Å²) in [6.45, 7) is 9.95. The first-order chi connectivity index (χ1) is 8.00. The molecule has 0 aliphatic carbocycles. The standard InChI is InChI=1S/C12H20N4O/c1-8(2)12(17)14-10-7-16(9(3)4)15-6-5-13-11(10)15/h7-9H,5-6H2,1-4H3,(H,14,17)/p+1. The Kier molecular flexibility index (Phi) is 3.09. The number of anilines is 2. The normalized spacial score (nSPS) is 14.0. The van der Waals surface area contributed by atoms with Gasteiger partial charge in [-0.1, -0.05) is 13.8 Å². The van der Waals surface area contributed by atoms with E-state index >= 15 is 0 Å². The highest BCUT2D eigenvalue weighted by molar-refractivity contribution is 5.94. The molecule has 94 valence electrons. The highest BCUT2D eigenvalue weighted by Crippen LogP contribution is 2.25. The lowest BCUT2D eigenvalue weighted by Gasteiger charge is -2.04. The maximum atomic E-state index is 11.7. The molecule has 0 saturated carbocycles. The Morgan fingerprint density at radius 2 is 2.18 bits per heavy atom. The summed E-state index contributed by atoms with van der Waals surface area (Å²) < 4.78 is 4.34. The minimum absolute atomic E-state index is 0.000506. The monoisotopic (exact) mass is 237 g/mol. The molecule has 0 atom stereocenters. The number of aromatic nitrogens is 2. The average Bonchev–Trinajstić information content (AvgIpc) is 2.80. The van der Waals surface area contributed by atoms with Gasteiger partial charge in [-0.25, -0.2) is 0 Å².